The van der Waals surface area contributed by atoms with E-state index in [2.05, 4.69) is 43.3 Å². The Hall–Kier alpha value is -1.08. The van der Waals surface area contributed by atoms with Crippen molar-refractivity contribution in [1.82, 2.24) is 0 Å². The van der Waals surface area contributed by atoms with Gasteiger partial charge in [0, 0.05) is 0 Å². The van der Waals surface area contributed by atoms with Gasteiger partial charge in [-0.1, -0.05) is 55.8 Å². The summed E-state index contributed by atoms with van der Waals surface area (Å²) >= 11 is 0. The van der Waals surface area contributed by atoms with E-state index in [1.165, 1.54) is 18.4 Å². The SMILES string of the molecule is CCCC=CCCOCCc1ccccc1. The Balaban J connectivity index is 1.96. The van der Waals surface area contributed by atoms with E-state index in [-0.39, 0.29) is 0 Å². The molecule has 0 N–H and O–H groups in total. The second-order valence-electron chi connectivity index (χ2n) is 3.90. The first-order valence-corrected chi connectivity index (χ1v) is 6.20. The molecule has 88 valence electrons. The van der Waals surface area contributed by atoms with E-state index in [1.54, 1.807) is 0 Å². The Kier molecular flexibility index (Phi) is 7.44. The summed E-state index contributed by atoms with van der Waals surface area (Å²) in [4.78, 5) is 0. The van der Waals surface area contributed by atoms with E-state index in [0.29, 0.717) is 0 Å². The monoisotopic (exact) mass is 218 g/mol. The molecule has 1 heteroatoms. The van der Waals surface area contributed by atoms with Gasteiger partial charge in [-0.05, 0) is 24.8 Å². The number of rotatable bonds is 8. The van der Waals surface area contributed by atoms with Crippen LogP contribution in [0.4, 0.5) is 0 Å². The number of unbranched alkanes of at least 4 members (excludes halogenated alkanes) is 1. The van der Waals surface area contributed by atoms with Crippen LogP contribution in [0.25, 0.3) is 0 Å². The highest BCUT2D eigenvalue weighted by Gasteiger charge is 1.91. The van der Waals surface area contributed by atoms with Crippen LogP contribution in [0.2, 0.25) is 0 Å². The molecule has 0 fully saturated rings. The van der Waals surface area contributed by atoms with Crippen LogP contribution in [-0.2, 0) is 11.2 Å². The summed E-state index contributed by atoms with van der Waals surface area (Å²) in [5.74, 6) is 0. The van der Waals surface area contributed by atoms with Gasteiger partial charge in [0.05, 0.1) is 13.2 Å². The molecule has 0 amide bonds. The molecule has 1 aromatic carbocycles. The van der Waals surface area contributed by atoms with Gasteiger partial charge in [0.1, 0.15) is 0 Å². The minimum Gasteiger partial charge on any atom is -0.381 e. The third kappa shape index (κ3) is 6.41. The normalized spacial score (nSPS) is 11.1. The topological polar surface area (TPSA) is 9.23 Å². The summed E-state index contributed by atoms with van der Waals surface area (Å²) in [5.41, 5.74) is 1.35. The van der Waals surface area contributed by atoms with Crippen LogP contribution in [0.5, 0.6) is 0 Å². The van der Waals surface area contributed by atoms with Gasteiger partial charge >= 0.3 is 0 Å². The molecule has 16 heavy (non-hydrogen) atoms. The predicted molar refractivity (Wildman–Crippen MR) is 69.6 cm³/mol. The number of hydrogen-bond donors (Lipinski definition) is 0. The van der Waals surface area contributed by atoms with Crippen molar-refractivity contribution in [3.8, 4) is 0 Å². The zero-order chi connectivity index (χ0) is 11.5. The molecule has 1 aromatic rings. The largest absolute Gasteiger partial charge is 0.381 e. The molecule has 0 bridgehead atoms. The lowest BCUT2D eigenvalue weighted by molar-refractivity contribution is 0.142. The summed E-state index contributed by atoms with van der Waals surface area (Å²) < 4.78 is 5.57. The Labute approximate surface area is 99.1 Å². The van der Waals surface area contributed by atoms with Gasteiger partial charge in [0.15, 0.2) is 0 Å². The molecule has 0 atom stereocenters. The van der Waals surface area contributed by atoms with Gasteiger partial charge in [-0.15, -0.1) is 0 Å². The molecule has 0 unspecified atom stereocenters. The second kappa shape index (κ2) is 9.17. The average molecular weight is 218 g/mol. The second-order valence-corrected chi connectivity index (χ2v) is 3.90. The summed E-state index contributed by atoms with van der Waals surface area (Å²) in [6, 6.07) is 10.5. The van der Waals surface area contributed by atoms with Crippen LogP contribution in [0.3, 0.4) is 0 Å². The van der Waals surface area contributed by atoms with E-state index < -0.39 is 0 Å². The van der Waals surface area contributed by atoms with Crippen LogP contribution in [-0.4, -0.2) is 13.2 Å². The fourth-order valence-corrected chi connectivity index (χ4v) is 1.49. The van der Waals surface area contributed by atoms with Gasteiger partial charge in [0.25, 0.3) is 0 Å². The van der Waals surface area contributed by atoms with E-state index in [4.69, 9.17) is 4.74 Å². The van der Waals surface area contributed by atoms with Gasteiger partial charge < -0.3 is 4.74 Å². The molecule has 0 aromatic heterocycles. The van der Waals surface area contributed by atoms with Crippen LogP contribution in [0.15, 0.2) is 42.5 Å². The highest BCUT2D eigenvalue weighted by Crippen LogP contribution is 2.00. The van der Waals surface area contributed by atoms with Crippen molar-refractivity contribution in [1.29, 1.82) is 0 Å². The fourth-order valence-electron chi connectivity index (χ4n) is 1.49. The van der Waals surface area contributed by atoms with Crippen LogP contribution >= 0.6 is 0 Å². The molecule has 0 spiro atoms. The Morgan fingerprint density at radius 1 is 1.00 bits per heavy atom. The highest BCUT2D eigenvalue weighted by atomic mass is 16.5. The molecule has 0 aliphatic rings. The first-order chi connectivity index (χ1) is 7.93. The molecular weight excluding hydrogens is 196 g/mol. The van der Waals surface area contributed by atoms with Gasteiger partial charge in [-0.2, -0.15) is 0 Å². The minimum absolute atomic E-state index is 0.825. The maximum Gasteiger partial charge on any atom is 0.0506 e. The van der Waals surface area contributed by atoms with Crippen LogP contribution in [0.1, 0.15) is 31.7 Å². The van der Waals surface area contributed by atoms with Crippen LogP contribution in [0, 0.1) is 0 Å². The Morgan fingerprint density at radius 3 is 2.50 bits per heavy atom. The maximum absolute atomic E-state index is 5.57. The molecule has 0 aliphatic heterocycles. The maximum atomic E-state index is 5.57. The lowest BCUT2D eigenvalue weighted by Crippen LogP contribution is -1.99. The molecule has 0 aliphatic carbocycles. The zero-order valence-electron chi connectivity index (χ0n) is 10.2. The van der Waals surface area contributed by atoms with E-state index in [1.807, 2.05) is 6.07 Å². The summed E-state index contributed by atoms with van der Waals surface area (Å²) in [6.07, 6.45) is 8.91. The summed E-state index contributed by atoms with van der Waals surface area (Å²) in [7, 11) is 0. The quantitative estimate of drug-likeness (QED) is 0.473. The number of benzene rings is 1. The third-order valence-corrected chi connectivity index (χ3v) is 2.43. The molecular formula is C15H22O. The summed E-state index contributed by atoms with van der Waals surface area (Å²) in [6.45, 7) is 3.86. The van der Waals surface area contributed by atoms with E-state index >= 15 is 0 Å². The lowest BCUT2D eigenvalue weighted by Gasteiger charge is -2.02. The van der Waals surface area contributed by atoms with Crippen molar-refractivity contribution < 1.29 is 4.74 Å². The number of hydrogen-bond acceptors (Lipinski definition) is 1. The molecule has 0 saturated carbocycles. The predicted octanol–water partition coefficient (Wildman–Crippen LogP) is 3.99. The number of allylic oxidation sites excluding steroid dienone is 1. The van der Waals surface area contributed by atoms with Crippen LogP contribution < -0.4 is 0 Å². The highest BCUT2D eigenvalue weighted by molar-refractivity contribution is 5.14. The lowest BCUT2D eigenvalue weighted by atomic mass is 10.2. The Bertz CT molecular complexity index is 277. The minimum atomic E-state index is 0.825. The molecule has 1 nitrogen and oxygen atoms in total. The Morgan fingerprint density at radius 2 is 1.75 bits per heavy atom. The zero-order valence-corrected chi connectivity index (χ0v) is 10.2. The number of ether oxygens (including phenoxy) is 1. The van der Waals surface area contributed by atoms with Crippen molar-refractivity contribution in [2.45, 2.75) is 32.6 Å². The van der Waals surface area contributed by atoms with Crippen molar-refractivity contribution in [3.05, 3.63) is 48.0 Å². The standard InChI is InChI=1S/C15H22O/c1-2-3-4-5-9-13-16-14-12-15-10-7-6-8-11-15/h4-8,10-11H,2-3,9,12-14H2,1H3. The van der Waals surface area contributed by atoms with Crippen molar-refractivity contribution in [2.75, 3.05) is 13.2 Å². The summed E-state index contributed by atoms with van der Waals surface area (Å²) in [5, 5.41) is 0. The first kappa shape index (κ1) is 13.0. The van der Waals surface area contributed by atoms with E-state index in [9.17, 15) is 0 Å². The molecule has 0 radical (unpaired) electrons. The average Bonchev–Trinajstić information content (AvgIpc) is 2.34. The van der Waals surface area contributed by atoms with Crippen molar-refractivity contribution >= 4 is 0 Å². The third-order valence-electron chi connectivity index (χ3n) is 2.43. The van der Waals surface area contributed by atoms with Gasteiger partial charge in [-0.25, -0.2) is 0 Å². The van der Waals surface area contributed by atoms with Crippen molar-refractivity contribution in [2.24, 2.45) is 0 Å². The fraction of sp³-hybridized carbons (Fsp3) is 0.467. The molecule has 0 heterocycles. The smallest absolute Gasteiger partial charge is 0.0506 e. The molecule has 1 rings (SSSR count). The van der Waals surface area contributed by atoms with Gasteiger partial charge in [0.2, 0.25) is 0 Å². The molecule has 0 saturated heterocycles. The van der Waals surface area contributed by atoms with E-state index in [0.717, 1.165) is 26.1 Å². The van der Waals surface area contributed by atoms with Gasteiger partial charge in [-0.3, -0.25) is 0 Å². The first-order valence-electron chi connectivity index (χ1n) is 6.20. The van der Waals surface area contributed by atoms with Crippen molar-refractivity contribution in [3.63, 3.8) is 0 Å².